The van der Waals surface area contributed by atoms with E-state index in [1.807, 2.05) is 0 Å². The number of nitrogens with zero attached hydrogens (tertiary/aromatic N) is 1. The first-order chi connectivity index (χ1) is 6.77. The summed E-state index contributed by atoms with van der Waals surface area (Å²) in [6, 6.07) is 8.56. The molecule has 0 saturated heterocycles. The van der Waals surface area contributed by atoms with Crippen LogP contribution in [0.2, 0.25) is 0 Å². The smallest absolute Gasteiger partial charge is 0.0366 e. The highest BCUT2D eigenvalue weighted by molar-refractivity contribution is 5.47. The SMILES string of the molecule is C#CCCN(CC)c1ccc(C)cc1. The Morgan fingerprint density at radius 3 is 2.43 bits per heavy atom. The molecule has 0 atom stereocenters. The highest BCUT2D eigenvalue weighted by Gasteiger charge is 2.01. The molecule has 0 aliphatic rings. The van der Waals surface area contributed by atoms with Gasteiger partial charge in [0.2, 0.25) is 0 Å². The van der Waals surface area contributed by atoms with Crippen LogP contribution in [0.5, 0.6) is 0 Å². The minimum atomic E-state index is 0.807. The second-order valence-electron chi connectivity index (χ2n) is 3.37. The molecule has 0 heterocycles. The van der Waals surface area contributed by atoms with Crippen LogP contribution in [-0.2, 0) is 0 Å². The molecule has 0 amide bonds. The third-order valence-corrected chi connectivity index (χ3v) is 2.31. The summed E-state index contributed by atoms with van der Waals surface area (Å²) in [5.41, 5.74) is 2.55. The molecule has 1 aromatic carbocycles. The van der Waals surface area contributed by atoms with Gasteiger partial charge < -0.3 is 4.90 Å². The van der Waals surface area contributed by atoms with Crippen molar-refractivity contribution >= 4 is 5.69 Å². The fourth-order valence-corrected chi connectivity index (χ4v) is 1.42. The zero-order valence-electron chi connectivity index (χ0n) is 8.96. The maximum atomic E-state index is 5.26. The van der Waals surface area contributed by atoms with Crippen molar-refractivity contribution in [1.29, 1.82) is 0 Å². The second-order valence-corrected chi connectivity index (χ2v) is 3.37. The number of rotatable bonds is 4. The van der Waals surface area contributed by atoms with E-state index in [0.717, 1.165) is 19.5 Å². The minimum Gasteiger partial charge on any atom is -0.371 e. The average molecular weight is 187 g/mol. The van der Waals surface area contributed by atoms with Gasteiger partial charge in [0.1, 0.15) is 0 Å². The molecular weight excluding hydrogens is 170 g/mol. The maximum absolute atomic E-state index is 5.26. The summed E-state index contributed by atoms with van der Waals surface area (Å²) >= 11 is 0. The van der Waals surface area contributed by atoms with Gasteiger partial charge >= 0.3 is 0 Å². The lowest BCUT2D eigenvalue weighted by Crippen LogP contribution is -2.23. The van der Waals surface area contributed by atoms with Gasteiger partial charge in [-0.15, -0.1) is 12.3 Å². The van der Waals surface area contributed by atoms with Crippen LogP contribution in [0.1, 0.15) is 18.9 Å². The van der Waals surface area contributed by atoms with E-state index in [2.05, 4.69) is 48.9 Å². The Labute approximate surface area is 86.7 Å². The van der Waals surface area contributed by atoms with Crippen molar-refractivity contribution in [3.05, 3.63) is 29.8 Å². The third-order valence-electron chi connectivity index (χ3n) is 2.31. The van der Waals surface area contributed by atoms with Gasteiger partial charge in [-0.25, -0.2) is 0 Å². The van der Waals surface area contributed by atoms with E-state index < -0.39 is 0 Å². The van der Waals surface area contributed by atoms with Crippen molar-refractivity contribution in [3.63, 3.8) is 0 Å². The molecule has 0 radical (unpaired) electrons. The van der Waals surface area contributed by atoms with Crippen LogP contribution in [0, 0.1) is 19.3 Å². The van der Waals surface area contributed by atoms with Crippen molar-refractivity contribution in [3.8, 4) is 12.3 Å². The van der Waals surface area contributed by atoms with Crippen LogP contribution in [0.15, 0.2) is 24.3 Å². The summed E-state index contributed by atoms with van der Waals surface area (Å²) in [7, 11) is 0. The van der Waals surface area contributed by atoms with E-state index >= 15 is 0 Å². The molecule has 1 heteroatoms. The fourth-order valence-electron chi connectivity index (χ4n) is 1.42. The van der Waals surface area contributed by atoms with Crippen molar-refractivity contribution in [2.45, 2.75) is 20.3 Å². The van der Waals surface area contributed by atoms with Crippen LogP contribution in [0.3, 0.4) is 0 Å². The van der Waals surface area contributed by atoms with Crippen molar-refractivity contribution in [2.24, 2.45) is 0 Å². The molecule has 0 saturated carbocycles. The average Bonchev–Trinajstić information content (AvgIpc) is 2.21. The Kier molecular flexibility index (Phi) is 4.07. The molecule has 1 aromatic rings. The van der Waals surface area contributed by atoms with Crippen molar-refractivity contribution < 1.29 is 0 Å². The summed E-state index contributed by atoms with van der Waals surface area (Å²) < 4.78 is 0. The third kappa shape index (κ3) is 2.81. The largest absolute Gasteiger partial charge is 0.371 e. The van der Waals surface area contributed by atoms with E-state index in [4.69, 9.17) is 6.42 Å². The quantitative estimate of drug-likeness (QED) is 0.655. The molecule has 1 rings (SSSR count). The van der Waals surface area contributed by atoms with E-state index in [9.17, 15) is 0 Å². The molecule has 0 aliphatic heterocycles. The van der Waals surface area contributed by atoms with Gasteiger partial charge in [0, 0.05) is 25.2 Å². The molecular formula is C13H17N. The lowest BCUT2D eigenvalue weighted by Gasteiger charge is -2.22. The van der Waals surface area contributed by atoms with E-state index in [1.54, 1.807) is 0 Å². The van der Waals surface area contributed by atoms with Gasteiger partial charge in [-0.05, 0) is 26.0 Å². The number of terminal acetylenes is 1. The van der Waals surface area contributed by atoms with Crippen LogP contribution in [0.25, 0.3) is 0 Å². The van der Waals surface area contributed by atoms with Gasteiger partial charge in [-0.2, -0.15) is 0 Å². The molecule has 14 heavy (non-hydrogen) atoms. The topological polar surface area (TPSA) is 3.24 Å². The van der Waals surface area contributed by atoms with Crippen molar-refractivity contribution in [1.82, 2.24) is 0 Å². The number of aryl methyl sites for hydroxylation is 1. The first-order valence-corrected chi connectivity index (χ1v) is 5.03. The molecule has 0 unspecified atom stereocenters. The Morgan fingerprint density at radius 1 is 1.29 bits per heavy atom. The number of hydrogen-bond donors (Lipinski definition) is 0. The summed E-state index contributed by atoms with van der Waals surface area (Å²) in [4.78, 5) is 2.29. The van der Waals surface area contributed by atoms with E-state index in [0.29, 0.717) is 0 Å². The Hall–Kier alpha value is -1.42. The van der Waals surface area contributed by atoms with Gasteiger partial charge in [0.15, 0.2) is 0 Å². The minimum absolute atomic E-state index is 0.807. The fraction of sp³-hybridized carbons (Fsp3) is 0.385. The zero-order valence-corrected chi connectivity index (χ0v) is 8.96. The summed E-state index contributed by atoms with van der Waals surface area (Å²) in [5, 5.41) is 0. The van der Waals surface area contributed by atoms with Gasteiger partial charge in [0.05, 0.1) is 0 Å². The van der Waals surface area contributed by atoms with E-state index in [1.165, 1.54) is 11.3 Å². The monoisotopic (exact) mass is 187 g/mol. The summed E-state index contributed by atoms with van der Waals surface area (Å²) in [6.45, 7) is 6.19. The van der Waals surface area contributed by atoms with Gasteiger partial charge in [-0.1, -0.05) is 17.7 Å². The lowest BCUT2D eigenvalue weighted by atomic mass is 10.2. The molecule has 0 N–H and O–H groups in total. The Morgan fingerprint density at radius 2 is 1.93 bits per heavy atom. The molecule has 1 nitrogen and oxygen atoms in total. The lowest BCUT2D eigenvalue weighted by molar-refractivity contribution is 0.831. The Balaban J connectivity index is 2.69. The second kappa shape index (κ2) is 5.34. The van der Waals surface area contributed by atoms with Crippen LogP contribution >= 0.6 is 0 Å². The normalized spacial score (nSPS) is 9.50. The predicted molar refractivity (Wildman–Crippen MR) is 62.5 cm³/mol. The molecule has 0 fully saturated rings. The maximum Gasteiger partial charge on any atom is 0.0366 e. The number of benzene rings is 1. The summed E-state index contributed by atoms with van der Waals surface area (Å²) in [6.07, 6.45) is 6.06. The van der Waals surface area contributed by atoms with Gasteiger partial charge in [0.25, 0.3) is 0 Å². The standard InChI is InChI=1S/C13H17N/c1-4-6-11-14(5-2)13-9-7-12(3)8-10-13/h1,7-10H,5-6,11H2,2-3H3. The van der Waals surface area contributed by atoms with Crippen molar-refractivity contribution in [2.75, 3.05) is 18.0 Å². The Bertz CT molecular complexity index is 305. The number of hydrogen-bond acceptors (Lipinski definition) is 1. The molecule has 74 valence electrons. The van der Waals surface area contributed by atoms with Gasteiger partial charge in [-0.3, -0.25) is 0 Å². The summed E-state index contributed by atoms with van der Waals surface area (Å²) in [5.74, 6) is 2.67. The molecule has 0 aliphatic carbocycles. The van der Waals surface area contributed by atoms with Crippen LogP contribution in [-0.4, -0.2) is 13.1 Å². The first-order valence-electron chi connectivity index (χ1n) is 5.03. The predicted octanol–water partition coefficient (Wildman–Crippen LogP) is 2.84. The van der Waals surface area contributed by atoms with Crippen LogP contribution in [0.4, 0.5) is 5.69 Å². The highest BCUT2D eigenvalue weighted by Crippen LogP contribution is 2.14. The molecule has 0 bridgehead atoms. The molecule has 0 spiro atoms. The first kappa shape index (κ1) is 10.7. The highest BCUT2D eigenvalue weighted by atomic mass is 15.1. The molecule has 0 aromatic heterocycles. The zero-order chi connectivity index (χ0) is 10.4. The number of anilines is 1. The van der Waals surface area contributed by atoms with Crippen LogP contribution < -0.4 is 4.90 Å². The van der Waals surface area contributed by atoms with E-state index in [-0.39, 0.29) is 0 Å².